The van der Waals surface area contributed by atoms with Crippen LogP contribution in [0.2, 0.25) is 0 Å². The van der Waals surface area contributed by atoms with Crippen LogP contribution >= 0.6 is 27.7 Å². The molecule has 1 heterocycles. The lowest BCUT2D eigenvalue weighted by molar-refractivity contribution is 0.112. The standard InChI is InChI=1S/C12H13BrOS/c13-12-7-9(8-14)1-2-11(12)10-3-5-15-6-4-10/h1-2,7-8,10H,3-6H2. The summed E-state index contributed by atoms with van der Waals surface area (Å²) in [6.45, 7) is 0. The molecule has 0 bridgehead atoms. The number of rotatable bonds is 2. The molecule has 0 radical (unpaired) electrons. The van der Waals surface area contributed by atoms with Gasteiger partial charge >= 0.3 is 0 Å². The molecular formula is C12H13BrOS. The largest absolute Gasteiger partial charge is 0.298 e. The summed E-state index contributed by atoms with van der Waals surface area (Å²) in [5, 5.41) is 0. The van der Waals surface area contributed by atoms with Gasteiger partial charge in [-0.25, -0.2) is 0 Å². The summed E-state index contributed by atoms with van der Waals surface area (Å²) in [5.74, 6) is 3.18. The number of halogens is 1. The van der Waals surface area contributed by atoms with E-state index in [2.05, 4.69) is 22.0 Å². The number of thioether (sulfide) groups is 1. The minimum atomic E-state index is 0.668. The van der Waals surface area contributed by atoms with Crippen LogP contribution in [-0.2, 0) is 0 Å². The van der Waals surface area contributed by atoms with Gasteiger partial charge in [0.15, 0.2) is 0 Å². The van der Waals surface area contributed by atoms with Crippen molar-refractivity contribution in [2.45, 2.75) is 18.8 Å². The fourth-order valence-electron chi connectivity index (χ4n) is 1.96. The summed E-state index contributed by atoms with van der Waals surface area (Å²) in [5.41, 5.74) is 2.11. The van der Waals surface area contributed by atoms with E-state index < -0.39 is 0 Å². The molecule has 1 aliphatic heterocycles. The van der Waals surface area contributed by atoms with Crippen LogP contribution in [0.25, 0.3) is 0 Å². The van der Waals surface area contributed by atoms with E-state index in [1.165, 1.54) is 29.9 Å². The van der Waals surface area contributed by atoms with Crippen molar-refractivity contribution in [2.24, 2.45) is 0 Å². The van der Waals surface area contributed by atoms with E-state index in [1.807, 2.05) is 23.9 Å². The highest BCUT2D eigenvalue weighted by Crippen LogP contribution is 2.35. The van der Waals surface area contributed by atoms with Crippen molar-refractivity contribution >= 4 is 34.0 Å². The molecule has 0 N–H and O–H groups in total. The zero-order valence-electron chi connectivity index (χ0n) is 8.41. The maximum atomic E-state index is 10.6. The minimum Gasteiger partial charge on any atom is -0.298 e. The Bertz CT molecular complexity index is 359. The Morgan fingerprint density at radius 2 is 2.07 bits per heavy atom. The van der Waals surface area contributed by atoms with Gasteiger partial charge in [-0.15, -0.1) is 0 Å². The molecule has 15 heavy (non-hydrogen) atoms. The monoisotopic (exact) mass is 284 g/mol. The lowest BCUT2D eigenvalue weighted by Gasteiger charge is -2.22. The maximum Gasteiger partial charge on any atom is 0.150 e. The first-order chi connectivity index (χ1) is 7.31. The highest BCUT2D eigenvalue weighted by Gasteiger charge is 2.17. The Labute approximate surface area is 103 Å². The molecule has 1 saturated heterocycles. The van der Waals surface area contributed by atoms with Gasteiger partial charge in [0, 0.05) is 10.0 Å². The molecule has 1 aromatic carbocycles. The van der Waals surface area contributed by atoms with Crippen molar-refractivity contribution in [3.63, 3.8) is 0 Å². The molecule has 1 nitrogen and oxygen atoms in total. The van der Waals surface area contributed by atoms with Gasteiger partial charge in [-0.1, -0.05) is 28.1 Å². The third kappa shape index (κ3) is 2.64. The zero-order chi connectivity index (χ0) is 10.7. The van der Waals surface area contributed by atoms with Crippen LogP contribution in [0, 0.1) is 0 Å². The highest BCUT2D eigenvalue weighted by molar-refractivity contribution is 9.10. The molecular weight excluding hydrogens is 272 g/mol. The predicted molar refractivity (Wildman–Crippen MR) is 68.8 cm³/mol. The van der Waals surface area contributed by atoms with Crippen molar-refractivity contribution in [3.8, 4) is 0 Å². The van der Waals surface area contributed by atoms with Crippen molar-refractivity contribution in [3.05, 3.63) is 33.8 Å². The fraction of sp³-hybridized carbons (Fsp3) is 0.417. The first-order valence-corrected chi connectivity index (χ1v) is 7.08. The highest BCUT2D eigenvalue weighted by atomic mass is 79.9. The number of carbonyl (C=O) groups excluding carboxylic acids is 1. The van der Waals surface area contributed by atoms with Gasteiger partial charge < -0.3 is 0 Å². The lowest BCUT2D eigenvalue weighted by Crippen LogP contribution is -2.08. The van der Waals surface area contributed by atoms with Gasteiger partial charge in [0.1, 0.15) is 6.29 Å². The first kappa shape index (κ1) is 11.2. The Balaban J connectivity index is 2.23. The Hall–Kier alpha value is -0.280. The molecule has 0 atom stereocenters. The Morgan fingerprint density at radius 1 is 1.33 bits per heavy atom. The molecule has 0 amide bonds. The van der Waals surface area contributed by atoms with Crippen LogP contribution < -0.4 is 0 Å². The molecule has 0 saturated carbocycles. The molecule has 1 aliphatic rings. The van der Waals surface area contributed by atoms with E-state index in [9.17, 15) is 4.79 Å². The van der Waals surface area contributed by atoms with E-state index in [0.29, 0.717) is 5.92 Å². The van der Waals surface area contributed by atoms with Crippen molar-refractivity contribution < 1.29 is 4.79 Å². The second kappa shape index (κ2) is 5.17. The number of benzene rings is 1. The summed E-state index contributed by atoms with van der Waals surface area (Å²) < 4.78 is 1.09. The van der Waals surface area contributed by atoms with Gasteiger partial charge in [0.25, 0.3) is 0 Å². The van der Waals surface area contributed by atoms with E-state index >= 15 is 0 Å². The zero-order valence-corrected chi connectivity index (χ0v) is 10.8. The average molecular weight is 285 g/mol. The number of aldehydes is 1. The van der Waals surface area contributed by atoms with Crippen molar-refractivity contribution in [1.82, 2.24) is 0 Å². The minimum absolute atomic E-state index is 0.668. The van der Waals surface area contributed by atoms with Crippen LogP contribution in [0.4, 0.5) is 0 Å². The van der Waals surface area contributed by atoms with Gasteiger partial charge in [0.2, 0.25) is 0 Å². The topological polar surface area (TPSA) is 17.1 Å². The summed E-state index contributed by atoms with van der Waals surface area (Å²) in [7, 11) is 0. The second-order valence-electron chi connectivity index (χ2n) is 3.79. The maximum absolute atomic E-state index is 10.6. The number of carbonyl (C=O) groups is 1. The molecule has 0 unspecified atom stereocenters. The Kier molecular flexibility index (Phi) is 3.87. The summed E-state index contributed by atoms with van der Waals surface area (Å²) in [4.78, 5) is 10.6. The molecule has 0 aliphatic carbocycles. The molecule has 80 valence electrons. The molecule has 3 heteroatoms. The first-order valence-electron chi connectivity index (χ1n) is 5.13. The van der Waals surface area contributed by atoms with E-state index in [-0.39, 0.29) is 0 Å². The fourth-order valence-corrected chi connectivity index (χ4v) is 3.78. The quantitative estimate of drug-likeness (QED) is 0.767. The molecule has 2 rings (SSSR count). The van der Waals surface area contributed by atoms with E-state index in [4.69, 9.17) is 0 Å². The molecule has 1 fully saturated rings. The normalized spacial score (nSPS) is 17.7. The van der Waals surface area contributed by atoms with Crippen molar-refractivity contribution in [2.75, 3.05) is 11.5 Å². The van der Waals surface area contributed by atoms with Crippen LogP contribution in [0.3, 0.4) is 0 Å². The Morgan fingerprint density at radius 3 is 2.67 bits per heavy atom. The molecule has 0 aromatic heterocycles. The molecule has 0 spiro atoms. The summed E-state index contributed by atoms with van der Waals surface area (Å²) >= 11 is 5.59. The van der Waals surface area contributed by atoms with Gasteiger partial charge in [0.05, 0.1) is 0 Å². The van der Waals surface area contributed by atoms with Crippen LogP contribution in [0.15, 0.2) is 22.7 Å². The van der Waals surface area contributed by atoms with E-state index in [0.717, 1.165) is 16.3 Å². The predicted octanol–water partition coefficient (Wildman–Crippen LogP) is 3.87. The van der Waals surface area contributed by atoms with Crippen LogP contribution in [0.1, 0.15) is 34.7 Å². The van der Waals surface area contributed by atoms with Crippen molar-refractivity contribution in [1.29, 1.82) is 0 Å². The summed E-state index contributed by atoms with van der Waals surface area (Å²) in [6.07, 6.45) is 3.40. The van der Waals surface area contributed by atoms with Gasteiger partial charge in [-0.3, -0.25) is 4.79 Å². The van der Waals surface area contributed by atoms with Gasteiger partial charge in [-0.2, -0.15) is 11.8 Å². The van der Waals surface area contributed by atoms with E-state index in [1.54, 1.807) is 0 Å². The SMILES string of the molecule is O=Cc1ccc(C2CCSCC2)c(Br)c1. The third-order valence-electron chi connectivity index (χ3n) is 2.82. The van der Waals surface area contributed by atoms with Crippen LogP contribution in [-0.4, -0.2) is 17.8 Å². The molecule has 1 aromatic rings. The lowest BCUT2D eigenvalue weighted by atomic mass is 9.93. The number of hydrogen-bond donors (Lipinski definition) is 0. The second-order valence-corrected chi connectivity index (χ2v) is 5.86. The number of hydrogen-bond acceptors (Lipinski definition) is 2. The third-order valence-corrected chi connectivity index (χ3v) is 4.56. The van der Waals surface area contributed by atoms with Crippen LogP contribution in [0.5, 0.6) is 0 Å². The smallest absolute Gasteiger partial charge is 0.150 e. The average Bonchev–Trinajstić information content (AvgIpc) is 2.30. The van der Waals surface area contributed by atoms with Gasteiger partial charge in [-0.05, 0) is 41.9 Å². The summed E-state index contributed by atoms with van der Waals surface area (Å²) in [6, 6.07) is 5.92.